The zero-order valence-electron chi connectivity index (χ0n) is 15.1. The normalized spacial score (nSPS) is 17.0. The summed E-state index contributed by atoms with van der Waals surface area (Å²) in [5.74, 6) is 3.42. The third-order valence-corrected chi connectivity index (χ3v) is 4.22. The van der Waals surface area contributed by atoms with Crippen molar-refractivity contribution in [1.29, 1.82) is 0 Å². The topological polar surface area (TPSA) is 46.1 Å². The maximum atomic E-state index is 5.94. The van der Waals surface area contributed by atoms with Gasteiger partial charge in [0.05, 0.1) is 13.7 Å². The lowest BCUT2D eigenvalue weighted by Gasteiger charge is -2.33. The number of nitrogens with one attached hydrogen (secondary N) is 1. The fourth-order valence-corrected chi connectivity index (χ4v) is 2.74. The van der Waals surface area contributed by atoms with Crippen molar-refractivity contribution in [1.82, 2.24) is 10.2 Å². The minimum atomic E-state index is 0. The van der Waals surface area contributed by atoms with E-state index in [-0.39, 0.29) is 30.1 Å². The second kappa shape index (κ2) is 10.6. The van der Waals surface area contributed by atoms with Gasteiger partial charge < -0.3 is 19.7 Å². The lowest BCUT2D eigenvalue weighted by atomic mass is 10.00. The minimum absolute atomic E-state index is 0. The Hall–Kier alpha value is -1.18. The van der Waals surface area contributed by atoms with Crippen molar-refractivity contribution in [3.63, 3.8) is 0 Å². The first kappa shape index (κ1) is 20.9. The lowest BCUT2D eigenvalue weighted by molar-refractivity contribution is 0.218. The van der Waals surface area contributed by atoms with Crippen LogP contribution in [0, 0.1) is 5.92 Å². The quantitative estimate of drug-likeness (QED) is 0.427. The van der Waals surface area contributed by atoms with Crippen LogP contribution < -0.4 is 14.8 Å². The Balaban J connectivity index is 0.00000288. The van der Waals surface area contributed by atoms with E-state index in [4.69, 9.17) is 9.47 Å². The van der Waals surface area contributed by atoms with Gasteiger partial charge in [0.2, 0.25) is 0 Å². The van der Waals surface area contributed by atoms with Gasteiger partial charge in [-0.05, 0) is 37.8 Å². The van der Waals surface area contributed by atoms with Crippen LogP contribution in [0.3, 0.4) is 0 Å². The maximum Gasteiger partial charge on any atom is 0.193 e. The van der Waals surface area contributed by atoms with E-state index in [1.807, 2.05) is 31.3 Å². The molecule has 1 aliphatic rings. The second-order valence-corrected chi connectivity index (χ2v) is 6.21. The van der Waals surface area contributed by atoms with E-state index in [0.717, 1.165) is 43.0 Å². The number of hydrogen-bond donors (Lipinski definition) is 1. The summed E-state index contributed by atoms with van der Waals surface area (Å²) in [5.41, 5.74) is 0. The molecule has 2 rings (SSSR count). The third kappa shape index (κ3) is 6.37. The summed E-state index contributed by atoms with van der Waals surface area (Å²) in [6, 6.07) is 7.69. The highest BCUT2D eigenvalue weighted by atomic mass is 127. The number of nitrogens with zero attached hydrogens (tertiary/aromatic N) is 2. The molecule has 0 aliphatic carbocycles. The highest BCUT2D eigenvalue weighted by Gasteiger charge is 2.19. The van der Waals surface area contributed by atoms with Crippen LogP contribution >= 0.6 is 24.0 Å². The number of rotatable bonds is 5. The standard InChI is InChI=1S/C18H29N3O2.HI/c1-14-8-10-21(11-9-14)18(19-3)20-13-15(2)23-17-7-5-6-16(12-17)22-4;/h5-7,12,14-15H,8-11,13H2,1-4H3,(H,19,20);1H. The molecule has 0 amide bonds. The van der Waals surface area contributed by atoms with Crippen LogP contribution in [-0.4, -0.2) is 50.8 Å². The van der Waals surface area contributed by atoms with E-state index in [2.05, 4.69) is 29.1 Å². The van der Waals surface area contributed by atoms with Crippen molar-refractivity contribution >= 4 is 29.9 Å². The first-order valence-corrected chi connectivity index (χ1v) is 8.38. The molecule has 1 fully saturated rings. The first-order valence-electron chi connectivity index (χ1n) is 8.38. The molecule has 1 heterocycles. The van der Waals surface area contributed by atoms with Gasteiger partial charge in [0.15, 0.2) is 5.96 Å². The predicted octanol–water partition coefficient (Wildman–Crippen LogP) is 3.39. The fraction of sp³-hybridized carbons (Fsp3) is 0.611. The Morgan fingerprint density at radius 2 is 2.00 bits per heavy atom. The van der Waals surface area contributed by atoms with E-state index in [1.165, 1.54) is 12.8 Å². The summed E-state index contributed by atoms with van der Waals surface area (Å²) in [5, 5.41) is 3.42. The number of hydrogen-bond acceptors (Lipinski definition) is 3. The van der Waals surface area contributed by atoms with Crippen LogP contribution in [-0.2, 0) is 0 Å². The van der Waals surface area contributed by atoms with Gasteiger partial charge in [0.1, 0.15) is 17.6 Å². The van der Waals surface area contributed by atoms with Crippen LogP contribution in [0.25, 0.3) is 0 Å². The number of likely N-dealkylation sites (tertiary alicyclic amines) is 1. The summed E-state index contributed by atoms with van der Waals surface area (Å²) >= 11 is 0. The highest BCUT2D eigenvalue weighted by Crippen LogP contribution is 2.20. The molecule has 24 heavy (non-hydrogen) atoms. The molecule has 0 saturated carbocycles. The fourth-order valence-electron chi connectivity index (χ4n) is 2.74. The Labute approximate surface area is 162 Å². The van der Waals surface area contributed by atoms with Gasteiger partial charge >= 0.3 is 0 Å². The average molecular weight is 447 g/mol. The van der Waals surface area contributed by atoms with Crippen LogP contribution in [0.2, 0.25) is 0 Å². The second-order valence-electron chi connectivity index (χ2n) is 6.21. The Morgan fingerprint density at radius 1 is 1.33 bits per heavy atom. The molecular weight excluding hydrogens is 417 g/mol. The van der Waals surface area contributed by atoms with E-state index in [0.29, 0.717) is 0 Å². The van der Waals surface area contributed by atoms with Crippen LogP contribution in [0.1, 0.15) is 26.7 Å². The molecule has 1 saturated heterocycles. The predicted molar refractivity (Wildman–Crippen MR) is 110 cm³/mol. The molecule has 1 unspecified atom stereocenters. The number of ether oxygens (including phenoxy) is 2. The number of halogens is 1. The van der Waals surface area contributed by atoms with Crippen molar-refractivity contribution in [2.45, 2.75) is 32.8 Å². The molecule has 1 aliphatic heterocycles. The Kier molecular flexibility index (Phi) is 9.25. The average Bonchev–Trinajstić information content (AvgIpc) is 2.57. The molecule has 0 aromatic heterocycles. The molecule has 1 N–H and O–H groups in total. The van der Waals surface area contributed by atoms with Gasteiger partial charge in [-0.15, -0.1) is 24.0 Å². The number of guanidine groups is 1. The van der Waals surface area contributed by atoms with E-state index in [9.17, 15) is 0 Å². The minimum Gasteiger partial charge on any atom is -0.497 e. The molecule has 0 spiro atoms. The molecule has 0 radical (unpaired) electrons. The summed E-state index contributed by atoms with van der Waals surface area (Å²) in [6.45, 7) is 7.24. The van der Waals surface area contributed by atoms with Gasteiger partial charge in [0.25, 0.3) is 0 Å². The monoisotopic (exact) mass is 447 g/mol. The van der Waals surface area contributed by atoms with Crippen molar-refractivity contribution in [2.75, 3.05) is 33.8 Å². The molecule has 136 valence electrons. The van der Waals surface area contributed by atoms with Crippen molar-refractivity contribution in [3.05, 3.63) is 24.3 Å². The van der Waals surface area contributed by atoms with E-state index >= 15 is 0 Å². The number of methoxy groups -OCH3 is 1. The Morgan fingerprint density at radius 3 is 2.62 bits per heavy atom. The first-order chi connectivity index (χ1) is 11.1. The van der Waals surface area contributed by atoms with Gasteiger partial charge in [0, 0.05) is 26.2 Å². The lowest BCUT2D eigenvalue weighted by Crippen LogP contribution is -2.47. The molecule has 1 aromatic carbocycles. The highest BCUT2D eigenvalue weighted by molar-refractivity contribution is 14.0. The van der Waals surface area contributed by atoms with Crippen LogP contribution in [0.4, 0.5) is 0 Å². The van der Waals surface area contributed by atoms with Crippen LogP contribution in [0.5, 0.6) is 11.5 Å². The zero-order chi connectivity index (χ0) is 16.7. The third-order valence-electron chi connectivity index (χ3n) is 4.22. The zero-order valence-corrected chi connectivity index (χ0v) is 17.4. The van der Waals surface area contributed by atoms with E-state index < -0.39 is 0 Å². The SMILES string of the molecule is CN=C(NCC(C)Oc1cccc(OC)c1)N1CCC(C)CC1.I. The summed E-state index contributed by atoms with van der Waals surface area (Å²) < 4.78 is 11.2. The molecule has 1 aromatic rings. The van der Waals surface area contributed by atoms with Crippen molar-refractivity contribution < 1.29 is 9.47 Å². The van der Waals surface area contributed by atoms with Crippen LogP contribution in [0.15, 0.2) is 29.3 Å². The Bertz CT molecular complexity index is 517. The van der Waals surface area contributed by atoms with Crippen molar-refractivity contribution in [2.24, 2.45) is 10.9 Å². The van der Waals surface area contributed by atoms with Gasteiger partial charge in [-0.2, -0.15) is 0 Å². The van der Waals surface area contributed by atoms with Gasteiger partial charge in [-0.3, -0.25) is 4.99 Å². The number of piperidine rings is 1. The number of benzene rings is 1. The van der Waals surface area contributed by atoms with Crippen molar-refractivity contribution in [3.8, 4) is 11.5 Å². The van der Waals surface area contributed by atoms with Gasteiger partial charge in [-0.1, -0.05) is 13.0 Å². The molecule has 1 atom stereocenters. The van der Waals surface area contributed by atoms with Gasteiger partial charge in [-0.25, -0.2) is 0 Å². The maximum absolute atomic E-state index is 5.94. The molecular formula is C18H30IN3O2. The van der Waals surface area contributed by atoms with E-state index in [1.54, 1.807) is 7.11 Å². The molecule has 5 nitrogen and oxygen atoms in total. The summed E-state index contributed by atoms with van der Waals surface area (Å²) in [4.78, 5) is 6.73. The number of aliphatic imine (C=N–C) groups is 1. The largest absolute Gasteiger partial charge is 0.497 e. The molecule has 6 heteroatoms. The molecule has 0 bridgehead atoms. The smallest absolute Gasteiger partial charge is 0.193 e. The summed E-state index contributed by atoms with van der Waals surface area (Å²) in [7, 11) is 3.50. The summed E-state index contributed by atoms with van der Waals surface area (Å²) in [6.07, 6.45) is 2.51.